The molecule has 3 nitrogen and oxygen atoms in total. The summed E-state index contributed by atoms with van der Waals surface area (Å²) < 4.78 is 30.9. The van der Waals surface area contributed by atoms with Crippen molar-refractivity contribution in [3.8, 4) is 11.5 Å². The third-order valence-electron chi connectivity index (χ3n) is 3.31. The van der Waals surface area contributed by atoms with Crippen LogP contribution in [0, 0.1) is 0 Å². The van der Waals surface area contributed by atoms with E-state index in [0.29, 0.717) is 16.5 Å². The highest BCUT2D eigenvalue weighted by atomic mass is 35.5. The maximum absolute atomic E-state index is 12.6. The van der Waals surface area contributed by atoms with Gasteiger partial charge in [-0.1, -0.05) is 35.3 Å². The topological polar surface area (TPSA) is 43.4 Å². The smallest absolute Gasteiger partial charge is 0.208 e. The lowest BCUT2D eigenvalue weighted by Gasteiger charge is -2.09. The molecule has 0 radical (unpaired) electrons. The monoisotopic (exact) mass is 378 g/mol. The lowest BCUT2D eigenvalue weighted by atomic mass is 10.3. The fourth-order valence-corrected chi connectivity index (χ4v) is 4.01. The minimum absolute atomic E-state index is 0.0815. The lowest BCUT2D eigenvalue weighted by molar-refractivity contribution is 0.482. The van der Waals surface area contributed by atoms with Crippen molar-refractivity contribution in [3.63, 3.8) is 0 Å². The van der Waals surface area contributed by atoms with E-state index in [-0.39, 0.29) is 14.8 Å². The summed E-state index contributed by atoms with van der Waals surface area (Å²) in [7, 11) is -3.67. The molecule has 0 fully saturated rings. The van der Waals surface area contributed by atoms with Crippen molar-refractivity contribution in [3.05, 3.63) is 82.8 Å². The third kappa shape index (κ3) is 3.56. The zero-order valence-electron chi connectivity index (χ0n) is 12.3. The minimum atomic E-state index is -3.67. The molecule has 0 bridgehead atoms. The van der Waals surface area contributed by atoms with Gasteiger partial charge in [0.2, 0.25) is 9.84 Å². The van der Waals surface area contributed by atoms with E-state index in [1.165, 1.54) is 18.2 Å². The predicted molar refractivity (Wildman–Crippen MR) is 94.9 cm³/mol. The molecule has 0 N–H and O–H groups in total. The van der Waals surface area contributed by atoms with Gasteiger partial charge in [0, 0.05) is 5.02 Å². The molecular formula is C18H12Cl2O3S. The van der Waals surface area contributed by atoms with E-state index < -0.39 is 9.84 Å². The Labute approximate surface area is 150 Å². The number of benzene rings is 3. The van der Waals surface area contributed by atoms with Crippen LogP contribution in [0.1, 0.15) is 0 Å². The molecule has 122 valence electrons. The molecule has 0 spiro atoms. The van der Waals surface area contributed by atoms with Gasteiger partial charge >= 0.3 is 0 Å². The van der Waals surface area contributed by atoms with Gasteiger partial charge in [-0.15, -0.1) is 0 Å². The Morgan fingerprint density at radius 1 is 0.708 bits per heavy atom. The molecule has 0 atom stereocenters. The zero-order chi connectivity index (χ0) is 17.2. The van der Waals surface area contributed by atoms with Gasteiger partial charge in [-0.25, -0.2) is 8.42 Å². The lowest BCUT2D eigenvalue weighted by Crippen LogP contribution is -2.02. The summed E-state index contributed by atoms with van der Waals surface area (Å²) in [6.45, 7) is 0. The Kier molecular flexibility index (Phi) is 4.81. The van der Waals surface area contributed by atoms with Crippen molar-refractivity contribution in [1.82, 2.24) is 0 Å². The Bertz CT molecular complexity index is 950. The molecule has 0 saturated carbocycles. The summed E-state index contributed by atoms with van der Waals surface area (Å²) in [6, 6.07) is 19.4. The summed E-state index contributed by atoms with van der Waals surface area (Å²) in [6.07, 6.45) is 0. The molecule has 0 aliphatic rings. The number of hydrogen-bond donors (Lipinski definition) is 0. The van der Waals surface area contributed by atoms with Crippen LogP contribution in [0.3, 0.4) is 0 Å². The van der Waals surface area contributed by atoms with Gasteiger partial charge in [-0.05, 0) is 60.7 Å². The first kappa shape index (κ1) is 16.8. The molecule has 0 amide bonds. The van der Waals surface area contributed by atoms with Gasteiger partial charge in [0.1, 0.15) is 11.5 Å². The average Bonchev–Trinajstić information content (AvgIpc) is 2.58. The van der Waals surface area contributed by atoms with E-state index in [1.54, 1.807) is 54.6 Å². The fourth-order valence-electron chi connectivity index (χ4n) is 2.12. The summed E-state index contributed by atoms with van der Waals surface area (Å²) in [5.74, 6) is 1.14. The SMILES string of the molecule is O=S(=O)(c1ccc(Oc2ccc(Cl)cc2)cc1)c1ccccc1Cl. The first-order chi connectivity index (χ1) is 11.5. The highest BCUT2D eigenvalue weighted by Crippen LogP contribution is 2.29. The zero-order valence-corrected chi connectivity index (χ0v) is 14.6. The maximum atomic E-state index is 12.6. The quantitative estimate of drug-likeness (QED) is 0.591. The largest absolute Gasteiger partial charge is 0.457 e. The van der Waals surface area contributed by atoms with Crippen molar-refractivity contribution in [2.24, 2.45) is 0 Å². The van der Waals surface area contributed by atoms with Crippen LogP contribution in [0.5, 0.6) is 11.5 Å². The second kappa shape index (κ2) is 6.85. The molecule has 0 aliphatic heterocycles. The second-order valence-corrected chi connectivity index (χ2v) is 7.72. The number of halogens is 2. The van der Waals surface area contributed by atoms with Gasteiger partial charge in [-0.3, -0.25) is 0 Å². The molecule has 3 aromatic rings. The van der Waals surface area contributed by atoms with Gasteiger partial charge in [0.25, 0.3) is 0 Å². The molecule has 0 heterocycles. The Hall–Kier alpha value is -2.01. The van der Waals surface area contributed by atoms with Crippen LogP contribution in [0.15, 0.2) is 82.6 Å². The fraction of sp³-hybridized carbons (Fsp3) is 0. The standard InChI is InChI=1S/C18H12Cl2O3S/c19-13-5-7-14(8-6-13)23-15-9-11-16(12-10-15)24(21,22)18-4-2-1-3-17(18)20/h1-12H. The van der Waals surface area contributed by atoms with Crippen molar-refractivity contribution in [1.29, 1.82) is 0 Å². The molecule has 3 rings (SSSR count). The molecule has 0 saturated heterocycles. The average molecular weight is 379 g/mol. The molecule has 0 unspecified atom stereocenters. The normalized spacial score (nSPS) is 11.2. The molecule has 24 heavy (non-hydrogen) atoms. The maximum Gasteiger partial charge on any atom is 0.208 e. The molecular weight excluding hydrogens is 367 g/mol. The van der Waals surface area contributed by atoms with Crippen LogP contribution in [0.4, 0.5) is 0 Å². The van der Waals surface area contributed by atoms with Crippen LogP contribution >= 0.6 is 23.2 Å². The van der Waals surface area contributed by atoms with Crippen molar-refractivity contribution >= 4 is 33.0 Å². The molecule has 6 heteroatoms. The van der Waals surface area contributed by atoms with Crippen LogP contribution in [0.25, 0.3) is 0 Å². The highest BCUT2D eigenvalue weighted by Gasteiger charge is 2.20. The summed E-state index contributed by atoms with van der Waals surface area (Å²) in [5, 5.41) is 0.808. The first-order valence-electron chi connectivity index (χ1n) is 7.00. The molecule has 0 aliphatic carbocycles. The van der Waals surface area contributed by atoms with E-state index in [2.05, 4.69) is 0 Å². The van der Waals surface area contributed by atoms with Gasteiger partial charge in [0.15, 0.2) is 0 Å². The van der Waals surface area contributed by atoms with E-state index in [0.717, 1.165) is 0 Å². The Morgan fingerprint density at radius 3 is 1.83 bits per heavy atom. The number of hydrogen-bond acceptors (Lipinski definition) is 3. The van der Waals surface area contributed by atoms with E-state index in [1.807, 2.05) is 0 Å². The van der Waals surface area contributed by atoms with Gasteiger partial charge in [-0.2, -0.15) is 0 Å². The van der Waals surface area contributed by atoms with Crippen LogP contribution in [-0.4, -0.2) is 8.42 Å². The van der Waals surface area contributed by atoms with E-state index in [4.69, 9.17) is 27.9 Å². The molecule has 3 aromatic carbocycles. The summed E-state index contributed by atoms with van der Waals surface area (Å²) in [4.78, 5) is 0.233. The predicted octanol–water partition coefficient (Wildman–Crippen LogP) is 5.62. The van der Waals surface area contributed by atoms with E-state index in [9.17, 15) is 8.42 Å². The second-order valence-electron chi connectivity index (χ2n) is 4.96. The van der Waals surface area contributed by atoms with Crippen LogP contribution in [-0.2, 0) is 9.84 Å². The number of ether oxygens (including phenoxy) is 1. The Balaban J connectivity index is 1.86. The summed E-state index contributed by atoms with van der Waals surface area (Å²) in [5.41, 5.74) is 0. The van der Waals surface area contributed by atoms with Gasteiger partial charge < -0.3 is 4.74 Å². The van der Waals surface area contributed by atoms with Crippen molar-refractivity contribution in [2.75, 3.05) is 0 Å². The van der Waals surface area contributed by atoms with E-state index >= 15 is 0 Å². The Morgan fingerprint density at radius 2 is 1.25 bits per heavy atom. The number of sulfone groups is 1. The minimum Gasteiger partial charge on any atom is -0.457 e. The summed E-state index contributed by atoms with van der Waals surface area (Å²) >= 11 is 11.8. The van der Waals surface area contributed by atoms with Crippen molar-refractivity contribution in [2.45, 2.75) is 9.79 Å². The number of rotatable bonds is 4. The third-order valence-corrected chi connectivity index (χ3v) is 5.83. The first-order valence-corrected chi connectivity index (χ1v) is 9.24. The van der Waals surface area contributed by atoms with Crippen LogP contribution in [0.2, 0.25) is 10.0 Å². The molecule has 0 aromatic heterocycles. The van der Waals surface area contributed by atoms with Gasteiger partial charge in [0.05, 0.1) is 14.8 Å². The van der Waals surface area contributed by atoms with Crippen LogP contribution < -0.4 is 4.74 Å². The van der Waals surface area contributed by atoms with Crippen molar-refractivity contribution < 1.29 is 13.2 Å². The highest BCUT2D eigenvalue weighted by molar-refractivity contribution is 7.91.